The third-order valence-electron chi connectivity index (χ3n) is 3.75. The van der Waals surface area contributed by atoms with E-state index in [2.05, 4.69) is 4.98 Å². The van der Waals surface area contributed by atoms with Gasteiger partial charge in [0, 0.05) is 27.7 Å². The Labute approximate surface area is 139 Å². The molecular formula is C19H18ClNO2. The predicted molar refractivity (Wildman–Crippen MR) is 95.5 cm³/mol. The zero-order valence-electron chi connectivity index (χ0n) is 13.2. The fourth-order valence-corrected chi connectivity index (χ4v) is 2.93. The van der Waals surface area contributed by atoms with E-state index in [9.17, 15) is 4.79 Å². The molecule has 0 bridgehead atoms. The average Bonchev–Trinajstić information content (AvgIpc) is 2.54. The molecular weight excluding hydrogens is 310 g/mol. The lowest BCUT2D eigenvalue weighted by Crippen LogP contribution is -2.08. The Morgan fingerprint density at radius 3 is 2.74 bits per heavy atom. The third kappa shape index (κ3) is 2.97. The Morgan fingerprint density at radius 2 is 2.00 bits per heavy atom. The number of benzene rings is 2. The minimum Gasteiger partial charge on any atom is -0.491 e. The number of pyridine rings is 1. The number of rotatable bonds is 4. The molecule has 1 heterocycles. The van der Waals surface area contributed by atoms with Crippen LogP contribution in [0.3, 0.4) is 0 Å². The van der Waals surface area contributed by atoms with Crippen molar-refractivity contribution in [2.75, 3.05) is 6.61 Å². The van der Waals surface area contributed by atoms with E-state index in [1.165, 1.54) is 0 Å². The SMILES string of the molecule is CCCOc1cccc2c(=O)c(-c3ccc(C)cc3Cl)c[nH]c12. The number of ether oxygens (including phenoxy) is 1. The number of halogens is 1. The summed E-state index contributed by atoms with van der Waals surface area (Å²) in [6.45, 7) is 4.63. The van der Waals surface area contributed by atoms with E-state index in [4.69, 9.17) is 16.3 Å². The maximum atomic E-state index is 12.9. The summed E-state index contributed by atoms with van der Waals surface area (Å²) in [5, 5.41) is 1.18. The summed E-state index contributed by atoms with van der Waals surface area (Å²) in [6, 6.07) is 11.2. The van der Waals surface area contributed by atoms with Crippen molar-refractivity contribution in [1.29, 1.82) is 0 Å². The molecule has 0 amide bonds. The van der Waals surface area contributed by atoms with Gasteiger partial charge in [0.05, 0.1) is 12.1 Å². The number of para-hydroxylation sites is 1. The van der Waals surface area contributed by atoms with Gasteiger partial charge in [-0.2, -0.15) is 0 Å². The zero-order chi connectivity index (χ0) is 16.4. The van der Waals surface area contributed by atoms with Gasteiger partial charge in [0.2, 0.25) is 0 Å². The molecule has 0 saturated heterocycles. The Kier molecular flexibility index (Phi) is 4.39. The van der Waals surface area contributed by atoms with Crippen molar-refractivity contribution in [3.05, 3.63) is 63.4 Å². The number of aromatic nitrogens is 1. The molecule has 2 aromatic carbocycles. The van der Waals surface area contributed by atoms with Crippen molar-refractivity contribution in [3.63, 3.8) is 0 Å². The van der Waals surface area contributed by atoms with Gasteiger partial charge in [-0.25, -0.2) is 0 Å². The molecule has 0 radical (unpaired) electrons. The molecule has 3 nitrogen and oxygen atoms in total. The number of fused-ring (bicyclic) bond motifs is 1. The maximum Gasteiger partial charge on any atom is 0.197 e. The smallest absolute Gasteiger partial charge is 0.197 e. The van der Waals surface area contributed by atoms with Crippen LogP contribution >= 0.6 is 11.6 Å². The first-order valence-corrected chi connectivity index (χ1v) is 8.03. The van der Waals surface area contributed by atoms with Gasteiger partial charge in [0.15, 0.2) is 5.43 Å². The molecule has 0 atom stereocenters. The minimum atomic E-state index is -0.0496. The molecule has 0 saturated carbocycles. The van der Waals surface area contributed by atoms with Crippen molar-refractivity contribution < 1.29 is 4.74 Å². The number of hydrogen-bond donors (Lipinski definition) is 1. The van der Waals surface area contributed by atoms with E-state index in [-0.39, 0.29) is 5.43 Å². The predicted octanol–water partition coefficient (Wildman–Crippen LogP) is 4.95. The zero-order valence-corrected chi connectivity index (χ0v) is 13.9. The van der Waals surface area contributed by atoms with Gasteiger partial charge in [0.25, 0.3) is 0 Å². The second kappa shape index (κ2) is 6.47. The highest BCUT2D eigenvalue weighted by Crippen LogP contribution is 2.29. The standard InChI is InChI=1S/C19H18ClNO2/c1-3-9-23-17-6-4-5-14-18(17)21-11-15(19(14)22)13-8-7-12(2)10-16(13)20/h4-8,10-11H,3,9H2,1-2H3,(H,21,22). The summed E-state index contributed by atoms with van der Waals surface area (Å²) < 4.78 is 5.71. The summed E-state index contributed by atoms with van der Waals surface area (Å²) in [4.78, 5) is 16.1. The first kappa shape index (κ1) is 15.6. The third-order valence-corrected chi connectivity index (χ3v) is 4.07. The number of aromatic amines is 1. The highest BCUT2D eigenvalue weighted by Gasteiger charge is 2.12. The first-order valence-electron chi connectivity index (χ1n) is 7.65. The Bertz CT molecular complexity index is 915. The lowest BCUT2D eigenvalue weighted by Gasteiger charge is -2.10. The van der Waals surface area contributed by atoms with Crippen LogP contribution in [0.15, 0.2) is 47.4 Å². The van der Waals surface area contributed by atoms with Crippen LogP contribution in [0.2, 0.25) is 5.02 Å². The fourth-order valence-electron chi connectivity index (χ4n) is 2.60. The lowest BCUT2D eigenvalue weighted by molar-refractivity contribution is 0.320. The normalized spacial score (nSPS) is 10.9. The van der Waals surface area contributed by atoms with E-state index < -0.39 is 0 Å². The number of H-pyrrole nitrogens is 1. The first-order chi connectivity index (χ1) is 11.1. The lowest BCUT2D eigenvalue weighted by atomic mass is 10.0. The van der Waals surface area contributed by atoms with Gasteiger partial charge in [-0.15, -0.1) is 0 Å². The molecule has 0 aliphatic rings. The number of nitrogens with one attached hydrogen (secondary N) is 1. The van der Waals surface area contributed by atoms with Crippen molar-refractivity contribution in [1.82, 2.24) is 4.98 Å². The van der Waals surface area contributed by atoms with Gasteiger partial charge in [-0.3, -0.25) is 4.79 Å². The number of hydrogen-bond acceptors (Lipinski definition) is 2. The van der Waals surface area contributed by atoms with Crippen LogP contribution < -0.4 is 10.2 Å². The second-order valence-electron chi connectivity index (χ2n) is 5.54. The van der Waals surface area contributed by atoms with Crippen molar-refractivity contribution >= 4 is 22.5 Å². The van der Waals surface area contributed by atoms with Crippen molar-refractivity contribution in [2.45, 2.75) is 20.3 Å². The summed E-state index contributed by atoms with van der Waals surface area (Å²) in [6.07, 6.45) is 2.62. The summed E-state index contributed by atoms with van der Waals surface area (Å²) in [5.74, 6) is 0.697. The van der Waals surface area contributed by atoms with Crippen LogP contribution in [0.25, 0.3) is 22.0 Å². The van der Waals surface area contributed by atoms with E-state index >= 15 is 0 Å². The molecule has 3 aromatic rings. The molecule has 3 rings (SSSR count). The van der Waals surface area contributed by atoms with Crippen molar-refractivity contribution in [3.8, 4) is 16.9 Å². The van der Waals surface area contributed by atoms with Crippen LogP contribution in [0, 0.1) is 6.92 Å². The van der Waals surface area contributed by atoms with Gasteiger partial charge < -0.3 is 9.72 Å². The molecule has 0 unspecified atom stereocenters. The van der Waals surface area contributed by atoms with Crippen LogP contribution in [-0.4, -0.2) is 11.6 Å². The van der Waals surface area contributed by atoms with E-state index in [1.807, 2.05) is 44.2 Å². The van der Waals surface area contributed by atoms with Crippen LogP contribution in [0.1, 0.15) is 18.9 Å². The van der Waals surface area contributed by atoms with Crippen LogP contribution in [0.5, 0.6) is 5.75 Å². The van der Waals surface area contributed by atoms with Gasteiger partial charge >= 0.3 is 0 Å². The molecule has 4 heteroatoms. The number of aryl methyl sites for hydroxylation is 1. The molecule has 23 heavy (non-hydrogen) atoms. The molecule has 0 aliphatic heterocycles. The van der Waals surface area contributed by atoms with Gasteiger partial charge in [0.1, 0.15) is 5.75 Å². The fraction of sp³-hybridized carbons (Fsp3) is 0.211. The van der Waals surface area contributed by atoms with Gasteiger partial charge in [-0.1, -0.05) is 36.7 Å². The topological polar surface area (TPSA) is 42.1 Å². The summed E-state index contributed by atoms with van der Waals surface area (Å²) >= 11 is 6.31. The molecule has 118 valence electrons. The minimum absolute atomic E-state index is 0.0496. The largest absolute Gasteiger partial charge is 0.491 e. The molecule has 1 N–H and O–H groups in total. The summed E-state index contributed by atoms with van der Waals surface area (Å²) in [5.41, 5.74) is 3.03. The van der Waals surface area contributed by atoms with Crippen LogP contribution in [-0.2, 0) is 0 Å². The second-order valence-corrected chi connectivity index (χ2v) is 5.95. The summed E-state index contributed by atoms with van der Waals surface area (Å²) in [7, 11) is 0. The molecule has 0 fully saturated rings. The van der Waals surface area contributed by atoms with E-state index in [0.29, 0.717) is 28.3 Å². The average molecular weight is 328 g/mol. The van der Waals surface area contributed by atoms with Crippen molar-refractivity contribution in [2.24, 2.45) is 0 Å². The Morgan fingerprint density at radius 1 is 1.17 bits per heavy atom. The Balaban J connectivity index is 2.18. The van der Waals surface area contributed by atoms with E-state index in [1.54, 1.807) is 12.3 Å². The van der Waals surface area contributed by atoms with Crippen LogP contribution in [0.4, 0.5) is 0 Å². The van der Waals surface area contributed by atoms with E-state index in [0.717, 1.165) is 23.1 Å². The highest BCUT2D eigenvalue weighted by molar-refractivity contribution is 6.33. The highest BCUT2D eigenvalue weighted by atomic mass is 35.5. The maximum absolute atomic E-state index is 12.9. The quantitative estimate of drug-likeness (QED) is 0.737. The Hall–Kier alpha value is -2.26. The molecule has 0 aliphatic carbocycles. The monoisotopic (exact) mass is 327 g/mol. The molecule has 1 aromatic heterocycles. The molecule has 0 spiro atoms. The van der Waals surface area contributed by atoms with Gasteiger partial charge in [-0.05, 0) is 37.1 Å².